The summed E-state index contributed by atoms with van der Waals surface area (Å²) in [5, 5.41) is 0.998. The lowest BCUT2D eigenvalue weighted by Gasteiger charge is -2.18. The standard InChI is InChI=1S/C11H10N2OS/c1-7-10(14)6-13-9-5-3-2-4-8(9)12-11(13)15-7/h2-5,7H,6H2,1H3. The largest absolute Gasteiger partial charge is 0.311 e. The fourth-order valence-corrected chi connectivity index (χ4v) is 2.77. The minimum atomic E-state index is 0.0364. The summed E-state index contributed by atoms with van der Waals surface area (Å²) in [6, 6.07) is 7.94. The number of rotatable bonds is 0. The monoisotopic (exact) mass is 218 g/mol. The molecule has 2 heterocycles. The fourth-order valence-electron chi connectivity index (χ4n) is 1.80. The number of benzene rings is 1. The summed E-state index contributed by atoms with van der Waals surface area (Å²) < 4.78 is 2.00. The summed E-state index contributed by atoms with van der Waals surface area (Å²) in [5.74, 6) is 0.274. The number of fused-ring (bicyclic) bond motifs is 3. The van der Waals surface area contributed by atoms with E-state index in [0.29, 0.717) is 6.54 Å². The molecule has 0 saturated heterocycles. The normalized spacial score (nSPS) is 20.6. The van der Waals surface area contributed by atoms with Crippen LogP contribution in [0.5, 0.6) is 0 Å². The summed E-state index contributed by atoms with van der Waals surface area (Å²) in [4.78, 5) is 16.1. The van der Waals surface area contributed by atoms with Gasteiger partial charge in [0.25, 0.3) is 0 Å². The average Bonchev–Trinajstić information content (AvgIpc) is 2.57. The molecule has 1 unspecified atom stereocenters. The zero-order valence-corrected chi connectivity index (χ0v) is 9.12. The molecular formula is C11H10N2OS. The molecule has 0 fully saturated rings. The number of nitrogens with zero attached hydrogens (tertiary/aromatic N) is 2. The number of Topliss-reactive ketones (excluding diaryl/α,β-unsaturated/α-hetero) is 1. The lowest BCUT2D eigenvalue weighted by Crippen LogP contribution is -2.25. The number of carbonyl (C=O) groups is 1. The van der Waals surface area contributed by atoms with Gasteiger partial charge in [0, 0.05) is 0 Å². The number of imidazole rings is 1. The second kappa shape index (κ2) is 3.10. The highest BCUT2D eigenvalue weighted by atomic mass is 32.2. The van der Waals surface area contributed by atoms with Gasteiger partial charge in [-0.15, -0.1) is 0 Å². The van der Waals surface area contributed by atoms with Gasteiger partial charge in [0.05, 0.1) is 22.8 Å². The van der Waals surface area contributed by atoms with Crippen LogP contribution in [-0.2, 0) is 11.3 Å². The molecule has 1 atom stereocenters. The predicted molar refractivity (Wildman–Crippen MR) is 60.1 cm³/mol. The highest BCUT2D eigenvalue weighted by Gasteiger charge is 2.25. The van der Waals surface area contributed by atoms with Gasteiger partial charge in [-0.25, -0.2) is 4.98 Å². The molecule has 3 rings (SSSR count). The van der Waals surface area contributed by atoms with E-state index in [0.717, 1.165) is 16.2 Å². The molecule has 2 aromatic rings. The molecule has 1 aromatic carbocycles. The summed E-state index contributed by atoms with van der Waals surface area (Å²) >= 11 is 1.55. The Morgan fingerprint density at radius 2 is 2.27 bits per heavy atom. The predicted octanol–water partition coefficient (Wildman–Crippen LogP) is 2.10. The van der Waals surface area contributed by atoms with E-state index < -0.39 is 0 Å². The van der Waals surface area contributed by atoms with Gasteiger partial charge >= 0.3 is 0 Å². The van der Waals surface area contributed by atoms with Crippen molar-refractivity contribution in [2.75, 3.05) is 0 Å². The van der Waals surface area contributed by atoms with E-state index in [1.807, 2.05) is 35.8 Å². The van der Waals surface area contributed by atoms with Crippen LogP contribution in [0.25, 0.3) is 11.0 Å². The third-order valence-corrected chi connectivity index (χ3v) is 3.81. The first-order chi connectivity index (χ1) is 7.25. The number of aromatic nitrogens is 2. The molecule has 1 aromatic heterocycles. The van der Waals surface area contributed by atoms with Gasteiger partial charge < -0.3 is 4.57 Å². The Bertz CT molecular complexity index is 547. The highest BCUT2D eigenvalue weighted by Crippen LogP contribution is 2.31. The Morgan fingerprint density at radius 3 is 3.13 bits per heavy atom. The Morgan fingerprint density at radius 1 is 1.47 bits per heavy atom. The third-order valence-electron chi connectivity index (χ3n) is 2.67. The first kappa shape index (κ1) is 8.97. The number of ketones is 1. The van der Waals surface area contributed by atoms with Gasteiger partial charge in [-0.3, -0.25) is 4.79 Å². The van der Waals surface area contributed by atoms with Gasteiger partial charge in [-0.05, 0) is 19.1 Å². The number of carbonyl (C=O) groups excluding carboxylic acids is 1. The zero-order chi connectivity index (χ0) is 10.4. The molecule has 3 nitrogen and oxygen atoms in total. The van der Waals surface area contributed by atoms with Gasteiger partial charge in [0.15, 0.2) is 10.9 Å². The van der Waals surface area contributed by atoms with Crippen LogP contribution in [-0.4, -0.2) is 20.6 Å². The molecule has 0 spiro atoms. The molecule has 0 saturated carbocycles. The molecule has 1 aliphatic heterocycles. The number of para-hydroxylation sites is 2. The Kier molecular flexibility index (Phi) is 1.85. The average molecular weight is 218 g/mol. The van der Waals surface area contributed by atoms with E-state index in [4.69, 9.17) is 0 Å². The molecule has 0 bridgehead atoms. The van der Waals surface area contributed by atoms with Crippen molar-refractivity contribution in [2.45, 2.75) is 23.9 Å². The van der Waals surface area contributed by atoms with Crippen LogP contribution in [0.2, 0.25) is 0 Å². The lowest BCUT2D eigenvalue weighted by molar-refractivity contribution is -0.119. The minimum Gasteiger partial charge on any atom is -0.311 e. The lowest BCUT2D eigenvalue weighted by atomic mass is 10.3. The summed E-state index contributed by atoms with van der Waals surface area (Å²) in [7, 11) is 0. The van der Waals surface area contributed by atoms with Gasteiger partial charge in [-0.2, -0.15) is 0 Å². The van der Waals surface area contributed by atoms with Crippen molar-refractivity contribution in [2.24, 2.45) is 0 Å². The SMILES string of the molecule is CC1Sc2nc3ccccc3n2CC1=O. The van der Waals surface area contributed by atoms with Crippen LogP contribution in [0.1, 0.15) is 6.92 Å². The van der Waals surface area contributed by atoms with Crippen molar-refractivity contribution in [1.82, 2.24) is 9.55 Å². The van der Waals surface area contributed by atoms with Crippen molar-refractivity contribution in [3.8, 4) is 0 Å². The van der Waals surface area contributed by atoms with Gasteiger partial charge in [0.1, 0.15) is 0 Å². The minimum absolute atomic E-state index is 0.0364. The second-order valence-corrected chi connectivity index (χ2v) is 5.00. The summed E-state index contributed by atoms with van der Waals surface area (Å²) in [6.07, 6.45) is 0. The van der Waals surface area contributed by atoms with Crippen molar-refractivity contribution in [1.29, 1.82) is 0 Å². The third kappa shape index (κ3) is 1.28. The van der Waals surface area contributed by atoms with Crippen molar-refractivity contribution in [3.63, 3.8) is 0 Å². The second-order valence-electron chi connectivity index (χ2n) is 3.70. The van der Waals surface area contributed by atoms with Crippen LogP contribution >= 0.6 is 11.8 Å². The van der Waals surface area contributed by atoms with Crippen molar-refractivity contribution >= 4 is 28.6 Å². The molecule has 0 radical (unpaired) electrons. The first-order valence-corrected chi connectivity index (χ1v) is 5.78. The van der Waals surface area contributed by atoms with E-state index >= 15 is 0 Å². The van der Waals surface area contributed by atoms with Crippen LogP contribution in [0.15, 0.2) is 29.4 Å². The zero-order valence-electron chi connectivity index (χ0n) is 8.30. The van der Waals surface area contributed by atoms with E-state index in [9.17, 15) is 4.79 Å². The Hall–Kier alpha value is -1.29. The van der Waals surface area contributed by atoms with Crippen LogP contribution in [0.3, 0.4) is 0 Å². The Labute approximate surface area is 91.5 Å². The summed E-state index contributed by atoms with van der Waals surface area (Å²) in [5.41, 5.74) is 2.03. The van der Waals surface area contributed by atoms with Gasteiger partial charge in [0.2, 0.25) is 0 Å². The van der Waals surface area contributed by atoms with E-state index in [1.54, 1.807) is 11.8 Å². The first-order valence-electron chi connectivity index (χ1n) is 4.90. The molecule has 15 heavy (non-hydrogen) atoms. The molecule has 76 valence electrons. The van der Waals surface area contributed by atoms with E-state index in [1.165, 1.54) is 0 Å². The molecule has 1 aliphatic rings. The highest BCUT2D eigenvalue weighted by molar-refractivity contribution is 8.00. The maximum atomic E-state index is 11.6. The van der Waals surface area contributed by atoms with Crippen LogP contribution in [0, 0.1) is 0 Å². The number of hydrogen-bond donors (Lipinski definition) is 0. The maximum absolute atomic E-state index is 11.6. The molecule has 0 amide bonds. The topological polar surface area (TPSA) is 34.9 Å². The molecule has 0 N–H and O–H groups in total. The maximum Gasteiger partial charge on any atom is 0.170 e. The number of hydrogen-bond acceptors (Lipinski definition) is 3. The fraction of sp³-hybridized carbons (Fsp3) is 0.273. The summed E-state index contributed by atoms with van der Waals surface area (Å²) in [6.45, 7) is 2.40. The molecular weight excluding hydrogens is 208 g/mol. The number of thioether (sulfide) groups is 1. The van der Waals surface area contributed by atoms with Gasteiger partial charge in [-0.1, -0.05) is 23.9 Å². The molecule has 4 heteroatoms. The smallest absolute Gasteiger partial charge is 0.170 e. The van der Waals surface area contributed by atoms with Crippen molar-refractivity contribution in [3.05, 3.63) is 24.3 Å². The quantitative estimate of drug-likeness (QED) is 0.679. The Balaban J connectivity index is 2.25. The van der Waals surface area contributed by atoms with Crippen molar-refractivity contribution < 1.29 is 4.79 Å². The van der Waals surface area contributed by atoms with Crippen LogP contribution < -0.4 is 0 Å². The van der Waals surface area contributed by atoms with E-state index in [-0.39, 0.29) is 11.0 Å². The van der Waals surface area contributed by atoms with E-state index in [2.05, 4.69) is 4.98 Å². The van der Waals surface area contributed by atoms with Crippen LogP contribution in [0.4, 0.5) is 0 Å². The molecule has 0 aliphatic carbocycles.